The van der Waals surface area contributed by atoms with Gasteiger partial charge < -0.3 is 9.64 Å². The molecule has 1 aliphatic rings. The summed E-state index contributed by atoms with van der Waals surface area (Å²) in [5, 5.41) is 8.42. The van der Waals surface area contributed by atoms with Crippen LogP contribution in [0.5, 0.6) is 5.75 Å². The smallest absolute Gasteiger partial charge is 0.217 e. The van der Waals surface area contributed by atoms with E-state index in [4.69, 9.17) is 17.0 Å². The largest absolute Gasteiger partial charge is 0.489 e. The van der Waals surface area contributed by atoms with Crippen LogP contribution in [0.2, 0.25) is 0 Å². The lowest BCUT2D eigenvalue weighted by Gasteiger charge is -2.18. The molecule has 1 unspecified atom stereocenters. The normalized spacial score (nSPS) is 18.9. The number of benzene rings is 1. The highest BCUT2D eigenvalue weighted by Crippen LogP contribution is 2.20. The first-order valence-electron chi connectivity index (χ1n) is 5.45. The van der Waals surface area contributed by atoms with Crippen LogP contribution >= 0.6 is 12.2 Å². The molecule has 0 amide bonds. The van der Waals surface area contributed by atoms with E-state index in [1.807, 2.05) is 31.9 Å². The Bertz CT molecular complexity index is 473. The zero-order chi connectivity index (χ0) is 12.4. The summed E-state index contributed by atoms with van der Waals surface area (Å²) >= 11 is 5.01. The quantitative estimate of drug-likeness (QED) is 0.773. The van der Waals surface area contributed by atoms with Gasteiger partial charge in [0.25, 0.3) is 0 Å². The van der Waals surface area contributed by atoms with Crippen LogP contribution in [-0.4, -0.2) is 29.8 Å². The predicted octanol–water partition coefficient (Wildman–Crippen LogP) is 2.69. The summed E-state index contributed by atoms with van der Waals surface area (Å²) in [6.07, 6.45) is -0.109. The molecule has 1 heterocycles. The molecule has 1 aliphatic heterocycles. The summed E-state index contributed by atoms with van der Waals surface area (Å²) in [7, 11) is 1.87. The fraction of sp³-hybridized carbons (Fsp3) is 0.417. The van der Waals surface area contributed by atoms with Crippen molar-refractivity contribution in [2.45, 2.75) is 20.0 Å². The van der Waals surface area contributed by atoms with Crippen molar-refractivity contribution in [3.05, 3.63) is 29.3 Å². The van der Waals surface area contributed by atoms with E-state index >= 15 is 0 Å². The first-order chi connectivity index (χ1) is 8.08. The molecule has 90 valence electrons. The Morgan fingerprint density at radius 2 is 2.18 bits per heavy atom. The van der Waals surface area contributed by atoms with Crippen molar-refractivity contribution in [1.29, 1.82) is 0 Å². The molecule has 1 aromatic rings. The van der Waals surface area contributed by atoms with Gasteiger partial charge >= 0.3 is 0 Å². The fourth-order valence-electron chi connectivity index (χ4n) is 1.56. The van der Waals surface area contributed by atoms with Crippen LogP contribution in [0.1, 0.15) is 11.1 Å². The van der Waals surface area contributed by atoms with Crippen molar-refractivity contribution in [3.63, 3.8) is 0 Å². The molecule has 0 spiro atoms. The van der Waals surface area contributed by atoms with Crippen LogP contribution in [-0.2, 0) is 0 Å². The summed E-state index contributed by atoms with van der Waals surface area (Å²) in [5.74, 6) is 0.895. The Balaban J connectivity index is 2.01. The van der Waals surface area contributed by atoms with Crippen LogP contribution < -0.4 is 4.74 Å². The van der Waals surface area contributed by atoms with Crippen molar-refractivity contribution in [1.82, 2.24) is 4.90 Å². The number of azo groups is 1. The minimum Gasteiger partial charge on any atom is -0.489 e. The van der Waals surface area contributed by atoms with Crippen LogP contribution in [0.3, 0.4) is 0 Å². The number of hydrogen-bond donors (Lipinski definition) is 0. The minimum atomic E-state index is -0.109. The van der Waals surface area contributed by atoms with E-state index in [0.717, 1.165) is 11.3 Å². The number of rotatable bonds is 3. The molecule has 0 radical (unpaired) electrons. The molecule has 0 N–H and O–H groups in total. The zero-order valence-electron chi connectivity index (χ0n) is 10.2. The van der Waals surface area contributed by atoms with E-state index in [2.05, 4.69) is 22.4 Å². The van der Waals surface area contributed by atoms with Gasteiger partial charge in [-0.25, -0.2) is 0 Å². The molecule has 0 saturated heterocycles. The second kappa shape index (κ2) is 4.79. The third kappa shape index (κ3) is 2.61. The molecule has 0 fully saturated rings. The number of nitrogens with zero attached hydrogens (tertiary/aromatic N) is 3. The van der Waals surface area contributed by atoms with E-state index in [9.17, 15) is 0 Å². The molecule has 1 aromatic carbocycles. The van der Waals surface area contributed by atoms with Gasteiger partial charge in [0.2, 0.25) is 5.11 Å². The standard InChI is InChI=1S/C12H15N3OS/c1-8-4-5-9(2)10(6-8)16-7-11-13-14-12(17)15(11)3/h4-6,11H,7H2,1-3H3. The van der Waals surface area contributed by atoms with Gasteiger partial charge in [-0.05, 0) is 43.3 Å². The van der Waals surface area contributed by atoms with Crippen molar-refractivity contribution in [2.24, 2.45) is 10.2 Å². The number of hydrogen-bond acceptors (Lipinski definition) is 3. The minimum absolute atomic E-state index is 0.109. The average Bonchev–Trinajstić information content (AvgIpc) is 2.62. The highest BCUT2D eigenvalue weighted by molar-refractivity contribution is 7.80. The third-order valence-corrected chi connectivity index (χ3v) is 3.13. The third-order valence-electron chi connectivity index (χ3n) is 2.76. The molecule has 0 saturated carbocycles. The average molecular weight is 249 g/mol. The lowest BCUT2D eigenvalue weighted by molar-refractivity contribution is 0.227. The van der Waals surface area contributed by atoms with Gasteiger partial charge in [-0.1, -0.05) is 12.1 Å². The monoisotopic (exact) mass is 249 g/mol. The summed E-state index contributed by atoms with van der Waals surface area (Å²) in [6, 6.07) is 6.15. The van der Waals surface area contributed by atoms with Gasteiger partial charge in [-0.3, -0.25) is 0 Å². The van der Waals surface area contributed by atoms with Crippen LogP contribution in [0.4, 0.5) is 0 Å². The Kier molecular flexibility index (Phi) is 3.38. The number of likely N-dealkylation sites (N-methyl/N-ethyl adjacent to an activating group) is 1. The van der Waals surface area contributed by atoms with Crippen LogP contribution in [0.25, 0.3) is 0 Å². The SMILES string of the molecule is Cc1ccc(C)c(OCC2N=NC(=S)N2C)c1. The predicted molar refractivity (Wildman–Crippen MR) is 70.4 cm³/mol. The second-order valence-electron chi connectivity index (χ2n) is 4.17. The first-order valence-corrected chi connectivity index (χ1v) is 5.86. The summed E-state index contributed by atoms with van der Waals surface area (Å²) in [6.45, 7) is 4.53. The fourth-order valence-corrected chi connectivity index (χ4v) is 1.73. The zero-order valence-corrected chi connectivity index (χ0v) is 11.0. The molecule has 0 aromatic heterocycles. The maximum absolute atomic E-state index is 5.77. The summed E-state index contributed by atoms with van der Waals surface area (Å²) < 4.78 is 5.77. The number of thiocarbonyl (C=S) groups is 1. The lowest BCUT2D eigenvalue weighted by atomic mass is 10.1. The maximum atomic E-state index is 5.77. The number of ether oxygens (including phenoxy) is 1. The molecule has 1 atom stereocenters. The Labute approximate surface area is 106 Å². The van der Waals surface area contributed by atoms with Crippen molar-refractivity contribution in [2.75, 3.05) is 13.7 Å². The first kappa shape index (κ1) is 12.0. The maximum Gasteiger partial charge on any atom is 0.217 e. The van der Waals surface area contributed by atoms with Gasteiger partial charge in [0.05, 0.1) is 0 Å². The molecule has 5 heteroatoms. The summed E-state index contributed by atoms with van der Waals surface area (Å²) in [5.41, 5.74) is 2.30. The van der Waals surface area contributed by atoms with Crippen LogP contribution in [0.15, 0.2) is 28.4 Å². The Morgan fingerprint density at radius 1 is 1.41 bits per heavy atom. The molecule has 0 aliphatic carbocycles. The highest BCUT2D eigenvalue weighted by Gasteiger charge is 2.23. The molecule has 4 nitrogen and oxygen atoms in total. The topological polar surface area (TPSA) is 37.2 Å². The van der Waals surface area contributed by atoms with Gasteiger partial charge in [0, 0.05) is 7.05 Å². The Morgan fingerprint density at radius 3 is 2.82 bits per heavy atom. The number of aryl methyl sites for hydroxylation is 2. The van der Waals surface area contributed by atoms with Crippen LogP contribution in [0, 0.1) is 13.8 Å². The van der Waals surface area contributed by atoms with Crippen molar-refractivity contribution in [3.8, 4) is 5.75 Å². The Hall–Kier alpha value is -1.49. The van der Waals surface area contributed by atoms with Gasteiger partial charge in [0.15, 0.2) is 6.17 Å². The molecule has 0 bridgehead atoms. The van der Waals surface area contributed by atoms with Crippen molar-refractivity contribution < 1.29 is 4.74 Å². The second-order valence-corrected chi connectivity index (χ2v) is 4.53. The van der Waals surface area contributed by atoms with Gasteiger partial charge in [-0.2, -0.15) is 5.11 Å². The molecule has 2 rings (SSSR count). The highest BCUT2D eigenvalue weighted by atomic mass is 32.1. The van der Waals surface area contributed by atoms with Crippen molar-refractivity contribution >= 4 is 17.3 Å². The van der Waals surface area contributed by atoms with E-state index < -0.39 is 0 Å². The molecule has 17 heavy (non-hydrogen) atoms. The van der Waals surface area contributed by atoms with Gasteiger partial charge in [-0.15, -0.1) is 5.11 Å². The van der Waals surface area contributed by atoms with E-state index in [1.165, 1.54) is 5.56 Å². The van der Waals surface area contributed by atoms with E-state index in [1.54, 1.807) is 0 Å². The van der Waals surface area contributed by atoms with Gasteiger partial charge in [0.1, 0.15) is 12.4 Å². The summed E-state index contributed by atoms with van der Waals surface area (Å²) in [4.78, 5) is 1.83. The molecular weight excluding hydrogens is 234 g/mol. The lowest BCUT2D eigenvalue weighted by Crippen LogP contribution is -2.33. The van der Waals surface area contributed by atoms with E-state index in [-0.39, 0.29) is 6.17 Å². The van der Waals surface area contributed by atoms with E-state index in [0.29, 0.717) is 11.7 Å². The molecular formula is C12H15N3OS.